The standard InChI is InChI=1S/Al.O2Si.O.Si/c;1-3-2;;/q+3;;-2;+4. The summed E-state index contributed by atoms with van der Waals surface area (Å²) >= 11 is 0. The van der Waals surface area contributed by atoms with Gasteiger partial charge in [-0.25, -0.2) is 0 Å². The molecule has 0 radical (unpaired) electrons. The van der Waals surface area contributed by atoms with Gasteiger partial charge in [0.05, 0.1) is 0 Å². The summed E-state index contributed by atoms with van der Waals surface area (Å²) < 4.78 is 16.8. The van der Waals surface area contributed by atoms with Crippen LogP contribution in [0.5, 0.6) is 0 Å². The van der Waals surface area contributed by atoms with Gasteiger partial charge in [-0.1, -0.05) is 0 Å². The van der Waals surface area contributed by atoms with E-state index in [1.54, 1.807) is 0 Å². The van der Waals surface area contributed by atoms with E-state index < -0.39 is 9.29 Å². The zero-order valence-corrected chi connectivity index (χ0v) is 5.96. The van der Waals surface area contributed by atoms with E-state index in [4.69, 9.17) is 8.92 Å². The molecule has 0 aliphatic rings. The summed E-state index contributed by atoms with van der Waals surface area (Å²) in [5, 5.41) is 0. The van der Waals surface area contributed by atoms with Gasteiger partial charge in [0, 0.05) is 0 Å². The van der Waals surface area contributed by atoms with Crippen LogP contribution in [0.4, 0.5) is 0 Å². The van der Waals surface area contributed by atoms with Gasteiger partial charge in [0.1, 0.15) is 0 Å². The summed E-state index contributed by atoms with van der Waals surface area (Å²) in [6, 6.07) is 0. The number of hydrogen-bond acceptors (Lipinski definition) is 2. The maximum absolute atomic E-state index is 8.40. The molecule has 0 amide bonds. The topological polar surface area (TPSA) is 62.6 Å². The Morgan fingerprint density at radius 3 is 1.17 bits per heavy atom. The summed E-state index contributed by atoms with van der Waals surface area (Å²) in [6.07, 6.45) is 0. The fourth-order valence-corrected chi connectivity index (χ4v) is 0. The fraction of sp³-hybridized carbons (Fsp3) is 0. The molecule has 0 bridgehead atoms. The van der Waals surface area contributed by atoms with Gasteiger partial charge < -0.3 is 5.48 Å². The van der Waals surface area contributed by atoms with E-state index in [-0.39, 0.29) is 33.8 Å². The van der Waals surface area contributed by atoms with E-state index in [1.807, 2.05) is 0 Å². The number of rotatable bonds is 0. The third kappa shape index (κ3) is 203. The minimum Gasteiger partial charge on any atom is -2.00 e. The van der Waals surface area contributed by atoms with Crippen LogP contribution in [-0.4, -0.2) is 37.6 Å². The summed E-state index contributed by atoms with van der Waals surface area (Å²) in [6.45, 7) is 0. The normalized spacial score (nSPS) is 1.33. The molecule has 0 heterocycles. The molecule has 24 valence electrons. The molecule has 6 heteroatoms. The quantitative estimate of drug-likeness (QED) is 0.376. The Morgan fingerprint density at radius 2 is 1.17 bits per heavy atom. The maximum Gasteiger partial charge on any atom is 4.00 e. The third-order valence-corrected chi connectivity index (χ3v) is 0. The van der Waals surface area contributed by atoms with Crippen molar-refractivity contribution in [1.82, 2.24) is 0 Å². The smallest absolute Gasteiger partial charge is 2.00 e. The van der Waals surface area contributed by atoms with Crippen LogP contribution in [0.25, 0.3) is 0 Å². The first-order valence-corrected chi connectivity index (χ1v) is 1.22. The molecule has 0 atom stereocenters. The Kier molecular flexibility index (Phi) is 253. The molecule has 0 saturated carbocycles. The third-order valence-electron chi connectivity index (χ3n) is 0. The van der Waals surface area contributed by atoms with Crippen molar-refractivity contribution in [2.45, 2.75) is 0 Å². The maximum atomic E-state index is 8.40. The average molecular weight is 131 g/mol. The Labute approximate surface area is 52.5 Å². The minimum absolute atomic E-state index is 0. The van der Waals surface area contributed by atoms with Crippen LogP contribution in [0.2, 0.25) is 0 Å². The fourth-order valence-electron chi connectivity index (χ4n) is 0. The monoisotopic (exact) mass is 131 g/mol. The van der Waals surface area contributed by atoms with Gasteiger partial charge in [-0.3, -0.25) is 8.92 Å². The molecular formula is AlO3Si2+5. The summed E-state index contributed by atoms with van der Waals surface area (Å²) in [4.78, 5) is 0. The first-order valence-electron chi connectivity index (χ1n) is 0.408. The number of hydrogen-bond donors (Lipinski definition) is 0. The molecule has 6 heavy (non-hydrogen) atoms. The van der Waals surface area contributed by atoms with Crippen molar-refractivity contribution in [3.8, 4) is 0 Å². The molecule has 0 N–H and O–H groups in total. The molecular weight excluding hydrogens is 131 g/mol. The molecule has 0 aromatic heterocycles. The molecule has 0 fully saturated rings. The van der Waals surface area contributed by atoms with Crippen molar-refractivity contribution in [2.24, 2.45) is 0 Å². The second kappa shape index (κ2) is 48.6. The minimum atomic E-state index is -1.42. The summed E-state index contributed by atoms with van der Waals surface area (Å²) in [5.41, 5.74) is 0. The summed E-state index contributed by atoms with van der Waals surface area (Å²) in [5.74, 6) is 0. The Balaban J connectivity index is -0.00000000667. The molecule has 3 nitrogen and oxygen atoms in total. The zero-order chi connectivity index (χ0) is 2.71. The van der Waals surface area contributed by atoms with Crippen LogP contribution in [0.1, 0.15) is 0 Å². The van der Waals surface area contributed by atoms with Crippen LogP contribution in [0.15, 0.2) is 0 Å². The van der Waals surface area contributed by atoms with Gasteiger partial charge in [-0.05, 0) is 0 Å². The second-order valence-corrected chi connectivity index (χ2v) is 0.250. The molecule has 0 aliphatic heterocycles. The van der Waals surface area contributed by atoms with E-state index in [9.17, 15) is 0 Å². The van der Waals surface area contributed by atoms with Crippen molar-refractivity contribution < 1.29 is 14.4 Å². The molecule has 0 aromatic carbocycles. The average Bonchev–Trinajstić information content (AvgIpc) is 0.918. The van der Waals surface area contributed by atoms with Crippen LogP contribution in [-0.2, 0) is 14.4 Å². The van der Waals surface area contributed by atoms with Gasteiger partial charge in [0.15, 0.2) is 0 Å². The Morgan fingerprint density at radius 1 is 1.17 bits per heavy atom. The first-order chi connectivity index (χ1) is 1.41. The first kappa shape index (κ1) is 31.2. The molecule has 0 aliphatic carbocycles. The summed E-state index contributed by atoms with van der Waals surface area (Å²) in [7, 11) is -1.42. The van der Waals surface area contributed by atoms with Crippen molar-refractivity contribution in [2.75, 3.05) is 0 Å². The SMILES string of the molecule is O=[Si]=O.[Al+3].[O-2].[Si+4]. The largest absolute Gasteiger partial charge is 4.00 e. The van der Waals surface area contributed by atoms with Crippen molar-refractivity contribution in [3.63, 3.8) is 0 Å². The van der Waals surface area contributed by atoms with Gasteiger partial charge in [0.2, 0.25) is 0 Å². The van der Waals surface area contributed by atoms with E-state index >= 15 is 0 Å². The predicted octanol–water partition coefficient (Wildman–Crippen LogP) is -1.50. The van der Waals surface area contributed by atoms with Crippen LogP contribution in [0.3, 0.4) is 0 Å². The van der Waals surface area contributed by atoms with Gasteiger partial charge in [-0.15, -0.1) is 0 Å². The van der Waals surface area contributed by atoms with Crippen molar-refractivity contribution in [1.29, 1.82) is 0 Å². The molecule has 0 spiro atoms. The Bertz CT molecular complexity index is 29.8. The van der Waals surface area contributed by atoms with Gasteiger partial charge in [-0.2, -0.15) is 0 Å². The van der Waals surface area contributed by atoms with Crippen molar-refractivity contribution >= 4 is 37.6 Å². The van der Waals surface area contributed by atoms with Gasteiger partial charge in [0.25, 0.3) is 0 Å². The molecule has 0 aromatic rings. The molecule has 0 saturated heterocycles. The van der Waals surface area contributed by atoms with E-state index in [2.05, 4.69) is 0 Å². The van der Waals surface area contributed by atoms with Crippen LogP contribution < -0.4 is 0 Å². The van der Waals surface area contributed by atoms with E-state index in [0.29, 0.717) is 0 Å². The Hall–Kier alpha value is 0.526. The van der Waals surface area contributed by atoms with E-state index in [0.717, 1.165) is 0 Å². The van der Waals surface area contributed by atoms with Gasteiger partial charge >= 0.3 is 37.6 Å². The zero-order valence-electron chi connectivity index (χ0n) is 2.80. The predicted molar refractivity (Wildman–Crippen MR) is 19.3 cm³/mol. The second-order valence-electron chi connectivity index (χ2n) is 0.0833. The van der Waals surface area contributed by atoms with Crippen LogP contribution >= 0.6 is 0 Å². The van der Waals surface area contributed by atoms with Crippen LogP contribution in [0, 0.1) is 0 Å². The van der Waals surface area contributed by atoms with E-state index in [1.165, 1.54) is 0 Å². The van der Waals surface area contributed by atoms with Crippen molar-refractivity contribution in [3.05, 3.63) is 0 Å². The molecule has 0 unspecified atom stereocenters. The molecule has 0 rings (SSSR count).